The number of rotatable bonds is 6. The molecule has 1 atom stereocenters. The van der Waals surface area contributed by atoms with Crippen LogP contribution >= 0.6 is 0 Å². The minimum Gasteiger partial charge on any atom is -0.361 e. The highest BCUT2D eigenvalue weighted by Crippen LogP contribution is 2.18. The second-order valence-electron chi connectivity index (χ2n) is 4.98. The summed E-state index contributed by atoms with van der Waals surface area (Å²) in [6.45, 7) is 7.79. The lowest BCUT2D eigenvalue weighted by atomic mass is 10.1. The van der Waals surface area contributed by atoms with E-state index in [0.29, 0.717) is 0 Å². The van der Waals surface area contributed by atoms with Gasteiger partial charge in [-0.3, -0.25) is 0 Å². The zero-order valence-electron chi connectivity index (χ0n) is 11.4. The van der Waals surface area contributed by atoms with Crippen LogP contribution in [0.25, 0.3) is 10.9 Å². The van der Waals surface area contributed by atoms with E-state index in [0.717, 1.165) is 26.1 Å². The molecule has 0 radical (unpaired) electrons. The number of quaternary nitrogens is 1. The molecule has 0 aliphatic rings. The molecule has 3 nitrogen and oxygen atoms in total. The number of para-hydroxylation sites is 1. The quantitative estimate of drug-likeness (QED) is 0.698. The van der Waals surface area contributed by atoms with Crippen LogP contribution in [0.2, 0.25) is 0 Å². The Morgan fingerprint density at radius 1 is 1.22 bits per heavy atom. The first kappa shape index (κ1) is 13.1. The van der Waals surface area contributed by atoms with Gasteiger partial charge in [-0.1, -0.05) is 18.2 Å². The second-order valence-corrected chi connectivity index (χ2v) is 4.98. The summed E-state index contributed by atoms with van der Waals surface area (Å²) in [6, 6.07) is 8.65. The number of fused-ring (bicyclic) bond motifs is 1. The number of hydrogen-bond acceptors (Lipinski definition) is 1. The van der Waals surface area contributed by atoms with E-state index < -0.39 is 0 Å². The van der Waals surface area contributed by atoms with E-state index in [1.54, 1.807) is 4.90 Å². The van der Waals surface area contributed by atoms with Crippen molar-refractivity contribution in [3.05, 3.63) is 36.0 Å². The number of hydrogen-bond donors (Lipinski definition) is 3. The van der Waals surface area contributed by atoms with Crippen molar-refractivity contribution in [2.75, 3.05) is 19.6 Å². The first-order valence-corrected chi connectivity index (χ1v) is 6.88. The number of aromatic amines is 1. The highest BCUT2D eigenvalue weighted by atomic mass is 15.1. The van der Waals surface area contributed by atoms with Crippen LogP contribution in [0.5, 0.6) is 0 Å². The number of H-pyrrole nitrogens is 1. The lowest BCUT2D eigenvalue weighted by Gasteiger charge is -2.19. The molecule has 0 fully saturated rings. The molecule has 0 amide bonds. The molecule has 0 aliphatic heterocycles. The Kier molecular flexibility index (Phi) is 4.39. The molecule has 0 unspecified atom stereocenters. The van der Waals surface area contributed by atoms with E-state index in [2.05, 4.69) is 49.3 Å². The lowest BCUT2D eigenvalue weighted by molar-refractivity contribution is -0.897. The molecule has 2 rings (SSSR count). The fourth-order valence-corrected chi connectivity index (χ4v) is 2.56. The second kappa shape index (κ2) is 6.03. The van der Waals surface area contributed by atoms with Crippen LogP contribution < -0.4 is 10.6 Å². The Bertz CT molecular complexity index is 485. The minimum absolute atomic E-state index is 0.235. The van der Waals surface area contributed by atoms with Crippen LogP contribution in [0.3, 0.4) is 0 Å². The average Bonchev–Trinajstić information content (AvgIpc) is 2.79. The van der Waals surface area contributed by atoms with Crippen LogP contribution in [0.4, 0.5) is 0 Å². The summed E-state index contributed by atoms with van der Waals surface area (Å²) in [7, 11) is 0. The molecule has 0 aliphatic carbocycles. The van der Waals surface area contributed by atoms with Gasteiger partial charge in [0.05, 0.1) is 25.7 Å². The van der Waals surface area contributed by atoms with Gasteiger partial charge in [-0.05, 0) is 31.9 Å². The summed E-state index contributed by atoms with van der Waals surface area (Å²) in [4.78, 5) is 4.88. The van der Waals surface area contributed by atoms with Gasteiger partial charge in [0.25, 0.3) is 0 Å². The van der Waals surface area contributed by atoms with Gasteiger partial charge < -0.3 is 15.6 Å². The van der Waals surface area contributed by atoms with E-state index in [-0.39, 0.29) is 6.04 Å². The van der Waals surface area contributed by atoms with Gasteiger partial charge in [0.15, 0.2) is 0 Å². The van der Waals surface area contributed by atoms with E-state index in [1.807, 2.05) is 0 Å². The number of nitrogens with two attached hydrogens (primary N) is 1. The normalized spacial score (nSPS) is 13.3. The summed E-state index contributed by atoms with van der Waals surface area (Å²) >= 11 is 0. The Balaban J connectivity index is 2.04. The maximum atomic E-state index is 6.27. The van der Waals surface area contributed by atoms with Gasteiger partial charge in [0.2, 0.25) is 0 Å². The molecule has 3 heteroatoms. The van der Waals surface area contributed by atoms with Crippen molar-refractivity contribution in [2.45, 2.75) is 26.3 Å². The number of nitrogens with one attached hydrogen (secondary N) is 2. The van der Waals surface area contributed by atoms with Crippen molar-refractivity contribution in [3.63, 3.8) is 0 Å². The molecular formula is C15H24N3+. The Morgan fingerprint density at radius 3 is 2.67 bits per heavy atom. The molecule has 4 N–H and O–H groups in total. The summed E-state index contributed by atoms with van der Waals surface area (Å²) in [5, 5.41) is 1.31. The van der Waals surface area contributed by atoms with Crippen LogP contribution in [0, 0.1) is 0 Å². The summed E-state index contributed by atoms with van der Waals surface area (Å²) in [5.41, 5.74) is 8.81. The predicted octanol–water partition coefficient (Wildman–Crippen LogP) is 0.962. The largest absolute Gasteiger partial charge is 0.361 e. The fourth-order valence-electron chi connectivity index (χ4n) is 2.56. The van der Waals surface area contributed by atoms with Crippen LogP contribution in [0.1, 0.15) is 19.4 Å². The zero-order valence-corrected chi connectivity index (χ0v) is 11.4. The molecule has 0 spiro atoms. The van der Waals surface area contributed by atoms with Gasteiger partial charge in [-0.15, -0.1) is 0 Å². The Hall–Kier alpha value is -1.32. The molecular weight excluding hydrogens is 222 g/mol. The molecule has 1 aromatic carbocycles. The zero-order chi connectivity index (χ0) is 13.0. The Labute approximate surface area is 109 Å². The minimum atomic E-state index is 0.235. The molecule has 1 heterocycles. The lowest BCUT2D eigenvalue weighted by Crippen LogP contribution is -3.12. The Morgan fingerprint density at radius 2 is 1.94 bits per heavy atom. The molecule has 2 aromatic rings. The van der Waals surface area contributed by atoms with E-state index in [1.165, 1.54) is 16.5 Å². The number of likely N-dealkylation sites (N-methyl/N-ethyl adjacent to an activating group) is 1. The van der Waals surface area contributed by atoms with Crippen molar-refractivity contribution in [1.82, 2.24) is 4.98 Å². The SMILES string of the molecule is CC[NH+](CC)C[C@@H](N)Cc1c[nH]c2ccccc12. The molecule has 98 valence electrons. The maximum absolute atomic E-state index is 6.27. The molecule has 18 heavy (non-hydrogen) atoms. The summed E-state index contributed by atoms with van der Waals surface area (Å²) in [6.07, 6.45) is 3.05. The van der Waals surface area contributed by atoms with Crippen molar-refractivity contribution >= 4 is 10.9 Å². The van der Waals surface area contributed by atoms with Gasteiger partial charge in [0, 0.05) is 17.1 Å². The van der Waals surface area contributed by atoms with Crippen molar-refractivity contribution < 1.29 is 4.90 Å². The standard InChI is InChI=1S/C15H23N3/c1-3-18(4-2)11-13(16)9-12-10-17-15-8-6-5-7-14(12)15/h5-8,10,13,17H,3-4,9,11,16H2,1-2H3/p+1/t13-/m0/s1. The van der Waals surface area contributed by atoms with Gasteiger partial charge in [-0.25, -0.2) is 0 Å². The van der Waals surface area contributed by atoms with Crippen molar-refractivity contribution in [3.8, 4) is 0 Å². The molecule has 0 saturated heterocycles. The van der Waals surface area contributed by atoms with E-state index in [9.17, 15) is 0 Å². The summed E-state index contributed by atoms with van der Waals surface area (Å²) < 4.78 is 0. The van der Waals surface area contributed by atoms with Crippen LogP contribution in [0.15, 0.2) is 30.5 Å². The third-order valence-corrected chi connectivity index (χ3v) is 3.71. The number of aromatic nitrogens is 1. The van der Waals surface area contributed by atoms with Gasteiger partial charge in [0.1, 0.15) is 0 Å². The van der Waals surface area contributed by atoms with Crippen molar-refractivity contribution in [2.24, 2.45) is 5.73 Å². The highest BCUT2D eigenvalue weighted by Gasteiger charge is 2.13. The fraction of sp³-hybridized carbons (Fsp3) is 0.467. The maximum Gasteiger partial charge on any atom is 0.0927 e. The van der Waals surface area contributed by atoms with E-state index in [4.69, 9.17) is 5.73 Å². The molecule has 0 saturated carbocycles. The highest BCUT2D eigenvalue weighted by molar-refractivity contribution is 5.83. The predicted molar refractivity (Wildman–Crippen MR) is 76.9 cm³/mol. The monoisotopic (exact) mass is 246 g/mol. The first-order chi connectivity index (χ1) is 8.74. The van der Waals surface area contributed by atoms with Crippen LogP contribution in [-0.2, 0) is 6.42 Å². The third kappa shape index (κ3) is 2.92. The van der Waals surface area contributed by atoms with E-state index >= 15 is 0 Å². The van der Waals surface area contributed by atoms with Gasteiger partial charge >= 0.3 is 0 Å². The average molecular weight is 246 g/mol. The smallest absolute Gasteiger partial charge is 0.0927 e. The summed E-state index contributed by atoms with van der Waals surface area (Å²) in [5.74, 6) is 0. The number of benzene rings is 1. The van der Waals surface area contributed by atoms with Crippen molar-refractivity contribution in [1.29, 1.82) is 0 Å². The van der Waals surface area contributed by atoms with Gasteiger partial charge in [-0.2, -0.15) is 0 Å². The topological polar surface area (TPSA) is 46.2 Å². The van der Waals surface area contributed by atoms with Crippen LogP contribution in [-0.4, -0.2) is 30.7 Å². The molecule has 1 aromatic heterocycles. The molecule has 0 bridgehead atoms. The first-order valence-electron chi connectivity index (χ1n) is 6.88. The third-order valence-electron chi connectivity index (χ3n) is 3.71.